The molecule has 5 nitrogen and oxygen atoms in total. The number of amides is 1. The van der Waals surface area contributed by atoms with E-state index in [4.69, 9.17) is 25.8 Å². The van der Waals surface area contributed by atoms with Crippen molar-refractivity contribution in [2.45, 2.75) is 6.42 Å². The topological polar surface area (TPSA) is 56.8 Å². The number of hydrogen-bond acceptors (Lipinski definition) is 4. The van der Waals surface area contributed by atoms with Gasteiger partial charge in [-0.1, -0.05) is 6.07 Å². The van der Waals surface area contributed by atoms with Crippen LogP contribution in [0.5, 0.6) is 17.2 Å². The van der Waals surface area contributed by atoms with Crippen LogP contribution >= 0.6 is 11.6 Å². The summed E-state index contributed by atoms with van der Waals surface area (Å²) in [6, 6.07) is 9.49. The van der Waals surface area contributed by atoms with Gasteiger partial charge in [0.25, 0.3) is 5.91 Å². The molecule has 0 fully saturated rings. The normalized spacial score (nSPS) is 14.2. The quantitative estimate of drug-likeness (QED) is 0.614. The lowest BCUT2D eigenvalue weighted by Crippen LogP contribution is -2.04. The summed E-state index contributed by atoms with van der Waals surface area (Å²) >= 11 is 5.84. The lowest BCUT2D eigenvalue weighted by Gasteiger charge is -2.14. The van der Waals surface area contributed by atoms with E-state index in [0.29, 0.717) is 28.7 Å². The molecule has 136 valence electrons. The average Bonchev–Trinajstić information content (AvgIpc) is 2.96. The van der Waals surface area contributed by atoms with Gasteiger partial charge in [-0.2, -0.15) is 0 Å². The SMILES string of the molecule is COc1ccc(C=C2C(=O)Nc3ccc(CCCl)cc32)c(OC)c1OC. The van der Waals surface area contributed by atoms with Crippen LogP contribution in [0.3, 0.4) is 0 Å². The maximum Gasteiger partial charge on any atom is 0.256 e. The van der Waals surface area contributed by atoms with Crippen molar-refractivity contribution in [1.82, 2.24) is 0 Å². The van der Waals surface area contributed by atoms with Gasteiger partial charge in [-0.25, -0.2) is 0 Å². The number of fused-ring (bicyclic) bond motifs is 1. The molecule has 0 spiro atoms. The molecule has 1 heterocycles. The van der Waals surface area contributed by atoms with Crippen LogP contribution in [0.2, 0.25) is 0 Å². The van der Waals surface area contributed by atoms with Crippen LogP contribution in [0.1, 0.15) is 16.7 Å². The van der Waals surface area contributed by atoms with Gasteiger partial charge in [0.1, 0.15) is 0 Å². The van der Waals surface area contributed by atoms with Crippen molar-refractivity contribution in [1.29, 1.82) is 0 Å². The van der Waals surface area contributed by atoms with E-state index in [1.54, 1.807) is 33.5 Å². The van der Waals surface area contributed by atoms with Crippen molar-refractivity contribution in [2.24, 2.45) is 0 Å². The number of halogens is 1. The van der Waals surface area contributed by atoms with Crippen LogP contribution in [0.4, 0.5) is 5.69 Å². The van der Waals surface area contributed by atoms with Gasteiger partial charge >= 0.3 is 0 Å². The van der Waals surface area contributed by atoms with E-state index in [0.717, 1.165) is 28.8 Å². The number of hydrogen-bond donors (Lipinski definition) is 1. The molecule has 2 aromatic rings. The summed E-state index contributed by atoms with van der Waals surface area (Å²) < 4.78 is 16.2. The van der Waals surface area contributed by atoms with Gasteiger partial charge < -0.3 is 19.5 Å². The van der Waals surface area contributed by atoms with E-state index in [1.165, 1.54) is 0 Å². The number of benzene rings is 2. The van der Waals surface area contributed by atoms with Crippen molar-refractivity contribution >= 4 is 34.8 Å². The molecule has 1 amide bonds. The maximum atomic E-state index is 12.5. The summed E-state index contributed by atoms with van der Waals surface area (Å²) in [4.78, 5) is 12.5. The Hall–Kier alpha value is -2.66. The van der Waals surface area contributed by atoms with Gasteiger partial charge in [0.2, 0.25) is 5.75 Å². The first-order valence-electron chi connectivity index (χ1n) is 8.14. The highest BCUT2D eigenvalue weighted by Gasteiger charge is 2.25. The summed E-state index contributed by atoms with van der Waals surface area (Å²) in [6.45, 7) is 0. The Morgan fingerprint density at radius 1 is 1.04 bits per heavy atom. The fourth-order valence-corrected chi connectivity index (χ4v) is 3.25. The fraction of sp³-hybridized carbons (Fsp3) is 0.250. The van der Waals surface area contributed by atoms with E-state index in [1.807, 2.05) is 24.3 Å². The zero-order valence-corrected chi connectivity index (χ0v) is 15.6. The highest BCUT2D eigenvalue weighted by Crippen LogP contribution is 2.42. The molecular weight excluding hydrogens is 354 g/mol. The van der Waals surface area contributed by atoms with Gasteiger partial charge in [0, 0.05) is 28.3 Å². The number of nitrogens with one attached hydrogen (secondary N) is 1. The van der Waals surface area contributed by atoms with Crippen molar-refractivity contribution in [3.05, 3.63) is 47.0 Å². The molecule has 0 unspecified atom stereocenters. The minimum atomic E-state index is -0.153. The van der Waals surface area contributed by atoms with Crippen LogP contribution in [-0.4, -0.2) is 33.1 Å². The van der Waals surface area contributed by atoms with Crippen LogP contribution in [0.15, 0.2) is 30.3 Å². The Morgan fingerprint density at radius 3 is 2.46 bits per heavy atom. The summed E-state index contributed by atoms with van der Waals surface area (Å²) in [5.41, 5.74) is 4.03. The first-order valence-corrected chi connectivity index (χ1v) is 8.67. The van der Waals surface area contributed by atoms with E-state index in [2.05, 4.69) is 5.32 Å². The molecule has 0 bridgehead atoms. The third kappa shape index (κ3) is 3.22. The van der Waals surface area contributed by atoms with Gasteiger partial charge in [0.05, 0.1) is 21.3 Å². The minimum absolute atomic E-state index is 0.153. The first-order chi connectivity index (χ1) is 12.6. The third-order valence-electron chi connectivity index (χ3n) is 4.28. The second kappa shape index (κ2) is 7.70. The fourth-order valence-electron chi connectivity index (χ4n) is 3.04. The Labute approximate surface area is 157 Å². The second-order valence-electron chi connectivity index (χ2n) is 5.75. The lowest BCUT2D eigenvalue weighted by molar-refractivity contribution is -0.110. The number of anilines is 1. The Kier molecular flexibility index (Phi) is 5.38. The van der Waals surface area contributed by atoms with Crippen LogP contribution in [0.25, 0.3) is 11.6 Å². The van der Waals surface area contributed by atoms with E-state index in [9.17, 15) is 4.79 Å². The Balaban J connectivity index is 2.12. The zero-order valence-electron chi connectivity index (χ0n) is 14.9. The highest BCUT2D eigenvalue weighted by molar-refractivity contribution is 6.35. The predicted octanol–water partition coefficient (Wildman–Crippen LogP) is 3.99. The number of aryl methyl sites for hydroxylation is 1. The van der Waals surface area contributed by atoms with Crippen molar-refractivity contribution in [3.63, 3.8) is 0 Å². The molecule has 26 heavy (non-hydrogen) atoms. The lowest BCUT2D eigenvalue weighted by atomic mass is 10.00. The van der Waals surface area contributed by atoms with E-state index >= 15 is 0 Å². The number of rotatable bonds is 6. The molecule has 0 saturated carbocycles. The molecule has 1 N–H and O–H groups in total. The van der Waals surface area contributed by atoms with Gasteiger partial charge in [-0.3, -0.25) is 4.79 Å². The first kappa shape index (κ1) is 18.1. The molecule has 0 atom stereocenters. The number of ether oxygens (including phenoxy) is 3. The van der Waals surface area contributed by atoms with Crippen molar-refractivity contribution < 1.29 is 19.0 Å². The van der Waals surface area contributed by atoms with Crippen molar-refractivity contribution in [2.75, 3.05) is 32.5 Å². The molecule has 0 saturated heterocycles. The molecule has 0 aromatic heterocycles. The predicted molar refractivity (Wildman–Crippen MR) is 103 cm³/mol. The van der Waals surface area contributed by atoms with Gasteiger partial charge in [-0.15, -0.1) is 11.6 Å². The van der Waals surface area contributed by atoms with Crippen LogP contribution in [0, 0.1) is 0 Å². The average molecular weight is 374 g/mol. The van der Waals surface area contributed by atoms with E-state index in [-0.39, 0.29) is 5.91 Å². The number of methoxy groups -OCH3 is 3. The zero-order chi connectivity index (χ0) is 18.7. The largest absolute Gasteiger partial charge is 0.493 e. The monoisotopic (exact) mass is 373 g/mol. The highest BCUT2D eigenvalue weighted by atomic mass is 35.5. The second-order valence-corrected chi connectivity index (χ2v) is 6.13. The van der Waals surface area contributed by atoms with E-state index < -0.39 is 0 Å². The summed E-state index contributed by atoms with van der Waals surface area (Å²) in [5, 5.41) is 2.89. The van der Waals surface area contributed by atoms with Gasteiger partial charge in [-0.05, 0) is 42.3 Å². The smallest absolute Gasteiger partial charge is 0.256 e. The molecule has 1 aliphatic heterocycles. The summed E-state index contributed by atoms with van der Waals surface area (Å²) in [5.74, 6) is 1.94. The Bertz CT molecular complexity index is 876. The molecular formula is C20H20ClNO4. The minimum Gasteiger partial charge on any atom is -0.493 e. The van der Waals surface area contributed by atoms with Gasteiger partial charge in [0.15, 0.2) is 11.5 Å². The number of carbonyl (C=O) groups excluding carboxylic acids is 1. The molecule has 6 heteroatoms. The maximum absolute atomic E-state index is 12.5. The van der Waals surface area contributed by atoms with Crippen LogP contribution < -0.4 is 19.5 Å². The summed E-state index contributed by atoms with van der Waals surface area (Å²) in [7, 11) is 4.67. The molecule has 3 rings (SSSR count). The van der Waals surface area contributed by atoms with Crippen molar-refractivity contribution in [3.8, 4) is 17.2 Å². The number of alkyl halides is 1. The third-order valence-corrected chi connectivity index (χ3v) is 4.47. The van der Waals surface area contributed by atoms with Crippen LogP contribution in [-0.2, 0) is 11.2 Å². The molecule has 0 radical (unpaired) electrons. The number of carbonyl (C=O) groups is 1. The summed E-state index contributed by atoms with van der Waals surface area (Å²) in [6.07, 6.45) is 2.54. The molecule has 0 aliphatic carbocycles. The standard InChI is InChI=1S/C20H20ClNO4/c1-24-17-7-5-13(18(25-2)19(17)26-3)11-15-14-10-12(8-9-21)4-6-16(14)22-20(15)23/h4-7,10-11H,8-9H2,1-3H3,(H,22,23). The molecule has 2 aromatic carbocycles. The molecule has 1 aliphatic rings. The Morgan fingerprint density at radius 2 is 1.81 bits per heavy atom.